The Hall–Kier alpha value is -2.09. The Morgan fingerprint density at radius 3 is 2.94 bits per heavy atom. The van der Waals surface area contributed by atoms with Crippen LogP contribution in [0.4, 0.5) is 5.82 Å². The van der Waals surface area contributed by atoms with Crippen LogP contribution in [0.1, 0.15) is 12.6 Å². The molecule has 0 aromatic carbocycles. The maximum atomic E-state index is 11.0. The molecule has 1 N–H and O–H groups in total. The third-order valence-electron chi connectivity index (χ3n) is 3.10. The van der Waals surface area contributed by atoms with E-state index in [9.17, 15) is 4.79 Å². The smallest absolute Gasteiger partial charge is 0.308 e. The fourth-order valence-corrected chi connectivity index (χ4v) is 2.14. The quantitative estimate of drug-likeness (QED) is 0.825. The van der Waals surface area contributed by atoms with Gasteiger partial charge in [-0.25, -0.2) is 4.98 Å². The number of anilines is 1. The van der Waals surface area contributed by atoms with E-state index in [2.05, 4.69) is 4.98 Å². The van der Waals surface area contributed by atoms with Crippen LogP contribution in [0.3, 0.4) is 0 Å². The zero-order valence-corrected chi connectivity index (χ0v) is 9.50. The van der Waals surface area contributed by atoms with Crippen LogP contribution < -0.4 is 4.90 Å². The van der Waals surface area contributed by atoms with Gasteiger partial charge in [-0.3, -0.25) is 4.79 Å². The highest BCUT2D eigenvalue weighted by atomic mass is 16.4. The lowest BCUT2D eigenvalue weighted by Gasteiger charge is -2.16. The summed E-state index contributed by atoms with van der Waals surface area (Å²) < 4.78 is 0. The molecule has 5 nitrogen and oxygen atoms in total. The van der Waals surface area contributed by atoms with E-state index in [1.807, 2.05) is 17.9 Å². The van der Waals surface area contributed by atoms with Gasteiger partial charge in [-0.1, -0.05) is 13.0 Å². The van der Waals surface area contributed by atoms with E-state index in [4.69, 9.17) is 10.4 Å². The number of carboxylic acids is 1. The Morgan fingerprint density at radius 1 is 1.59 bits per heavy atom. The number of nitriles is 1. The van der Waals surface area contributed by atoms with Gasteiger partial charge in [-0.15, -0.1) is 0 Å². The van der Waals surface area contributed by atoms with Crippen molar-refractivity contribution in [3.63, 3.8) is 0 Å². The lowest BCUT2D eigenvalue weighted by atomic mass is 9.99. The lowest BCUT2D eigenvalue weighted by molar-refractivity contribution is -0.142. The largest absolute Gasteiger partial charge is 0.481 e. The number of carboxylic acid groups (broad SMARTS) is 1. The highest BCUT2D eigenvalue weighted by Gasteiger charge is 2.35. The Balaban J connectivity index is 2.20. The number of hydrogen-bond donors (Lipinski definition) is 1. The van der Waals surface area contributed by atoms with Gasteiger partial charge in [-0.2, -0.15) is 5.26 Å². The van der Waals surface area contributed by atoms with E-state index in [1.165, 1.54) is 0 Å². The normalized spacial score (nSPS) is 23.4. The second kappa shape index (κ2) is 4.42. The van der Waals surface area contributed by atoms with Gasteiger partial charge in [0, 0.05) is 13.1 Å². The molecule has 1 aromatic heterocycles. The van der Waals surface area contributed by atoms with Crippen molar-refractivity contribution in [2.24, 2.45) is 11.8 Å². The van der Waals surface area contributed by atoms with E-state index in [-0.39, 0.29) is 11.8 Å². The van der Waals surface area contributed by atoms with Crippen LogP contribution in [0.5, 0.6) is 0 Å². The molecule has 1 aliphatic rings. The standard InChI is InChI=1S/C12H13N3O2/c1-8-6-15(7-10(8)12(16)17)11-4-2-3-9(5-13)14-11/h2-4,8,10H,6-7H2,1H3,(H,16,17). The van der Waals surface area contributed by atoms with Gasteiger partial charge < -0.3 is 10.0 Å². The minimum absolute atomic E-state index is 0.0973. The predicted molar refractivity (Wildman–Crippen MR) is 61.5 cm³/mol. The third kappa shape index (κ3) is 2.21. The van der Waals surface area contributed by atoms with Crippen molar-refractivity contribution >= 4 is 11.8 Å². The van der Waals surface area contributed by atoms with Crippen LogP contribution in [-0.4, -0.2) is 29.1 Å². The predicted octanol–water partition coefficient (Wildman–Crippen LogP) is 1.11. The molecule has 2 heterocycles. The average Bonchev–Trinajstić information content (AvgIpc) is 2.71. The molecule has 1 fully saturated rings. The van der Waals surface area contributed by atoms with Crippen LogP contribution in [0.25, 0.3) is 0 Å². The summed E-state index contributed by atoms with van der Waals surface area (Å²) in [4.78, 5) is 17.1. The second-order valence-corrected chi connectivity index (χ2v) is 4.32. The Kier molecular flexibility index (Phi) is 2.96. The van der Waals surface area contributed by atoms with Gasteiger partial charge in [0.2, 0.25) is 0 Å². The van der Waals surface area contributed by atoms with Gasteiger partial charge >= 0.3 is 5.97 Å². The third-order valence-corrected chi connectivity index (χ3v) is 3.10. The number of aliphatic carboxylic acids is 1. The van der Waals surface area contributed by atoms with Crippen molar-refractivity contribution in [3.05, 3.63) is 23.9 Å². The maximum Gasteiger partial charge on any atom is 0.308 e. The molecule has 1 aliphatic heterocycles. The van der Waals surface area contributed by atoms with Crippen molar-refractivity contribution in [2.75, 3.05) is 18.0 Å². The topological polar surface area (TPSA) is 77.2 Å². The van der Waals surface area contributed by atoms with Crippen molar-refractivity contribution in [3.8, 4) is 6.07 Å². The first kappa shape index (κ1) is 11.4. The molecule has 0 saturated carbocycles. The first-order valence-electron chi connectivity index (χ1n) is 5.46. The van der Waals surface area contributed by atoms with Crippen LogP contribution in [0, 0.1) is 23.2 Å². The van der Waals surface area contributed by atoms with Gasteiger partial charge in [0.05, 0.1) is 5.92 Å². The molecule has 2 rings (SSSR count). The summed E-state index contributed by atoms with van der Waals surface area (Å²) in [6, 6.07) is 7.19. The van der Waals surface area contributed by atoms with E-state index in [0.29, 0.717) is 24.6 Å². The van der Waals surface area contributed by atoms with Gasteiger partial charge in [0.1, 0.15) is 17.6 Å². The number of rotatable bonds is 2. The van der Waals surface area contributed by atoms with Crippen LogP contribution >= 0.6 is 0 Å². The van der Waals surface area contributed by atoms with Crippen molar-refractivity contribution < 1.29 is 9.90 Å². The van der Waals surface area contributed by atoms with Gasteiger partial charge in [0.25, 0.3) is 0 Å². The molecule has 5 heteroatoms. The number of carbonyl (C=O) groups is 1. The second-order valence-electron chi connectivity index (χ2n) is 4.32. The Bertz CT molecular complexity index is 481. The summed E-state index contributed by atoms with van der Waals surface area (Å²) >= 11 is 0. The van der Waals surface area contributed by atoms with Crippen LogP contribution in [-0.2, 0) is 4.79 Å². The van der Waals surface area contributed by atoms with Crippen LogP contribution in [0.15, 0.2) is 18.2 Å². The first-order chi connectivity index (χ1) is 8.11. The van der Waals surface area contributed by atoms with Gasteiger partial charge in [0.15, 0.2) is 0 Å². The number of nitrogens with zero attached hydrogens (tertiary/aromatic N) is 3. The van der Waals surface area contributed by atoms with E-state index in [1.54, 1.807) is 18.2 Å². The molecule has 2 atom stereocenters. The van der Waals surface area contributed by atoms with Crippen LogP contribution in [0.2, 0.25) is 0 Å². The molecule has 88 valence electrons. The molecule has 0 radical (unpaired) electrons. The van der Waals surface area contributed by atoms with E-state index >= 15 is 0 Å². The van der Waals surface area contributed by atoms with E-state index in [0.717, 1.165) is 0 Å². The monoisotopic (exact) mass is 231 g/mol. The molecular weight excluding hydrogens is 218 g/mol. The Morgan fingerprint density at radius 2 is 2.35 bits per heavy atom. The van der Waals surface area contributed by atoms with Crippen molar-refractivity contribution in [1.29, 1.82) is 5.26 Å². The summed E-state index contributed by atoms with van der Waals surface area (Å²) in [5.74, 6) is -0.348. The fraction of sp³-hybridized carbons (Fsp3) is 0.417. The van der Waals surface area contributed by atoms with Crippen molar-refractivity contribution in [2.45, 2.75) is 6.92 Å². The number of pyridine rings is 1. The summed E-state index contributed by atoms with van der Waals surface area (Å²) in [6.45, 7) is 3.05. The average molecular weight is 231 g/mol. The summed E-state index contributed by atoms with van der Waals surface area (Å²) in [5, 5.41) is 17.8. The molecule has 0 amide bonds. The molecule has 17 heavy (non-hydrogen) atoms. The zero-order valence-electron chi connectivity index (χ0n) is 9.50. The molecular formula is C12H13N3O2. The molecule has 1 saturated heterocycles. The zero-order chi connectivity index (χ0) is 12.4. The molecule has 1 aromatic rings. The van der Waals surface area contributed by atoms with Gasteiger partial charge in [-0.05, 0) is 18.1 Å². The highest BCUT2D eigenvalue weighted by Crippen LogP contribution is 2.27. The number of hydrogen-bond acceptors (Lipinski definition) is 4. The lowest BCUT2D eigenvalue weighted by Crippen LogP contribution is -2.23. The molecule has 0 spiro atoms. The fourth-order valence-electron chi connectivity index (χ4n) is 2.14. The molecule has 0 aliphatic carbocycles. The Labute approximate surface area is 99.3 Å². The maximum absolute atomic E-state index is 11.0. The first-order valence-corrected chi connectivity index (χ1v) is 5.46. The molecule has 2 unspecified atom stereocenters. The minimum atomic E-state index is -0.767. The summed E-state index contributed by atoms with van der Waals surface area (Å²) in [5.41, 5.74) is 0.355. The highest BCUT2D eigenvalue weighted by molar-refractivity contribution is 5.72. The number of aromatic nitrogens is 1. The summed E-state index contributed by atoms with van der Waals surface area (Å²) in [6.07, 6.45) is 0. The van der Waals surface area contributed by atoms with Crippen molar-refractivity contribution in [1.82, 2.24) is 4.98 Å². The van der Waals surface area contributed by atoms with E-state index < -0.39 is 5.97 Å². The molecule has 0 bridgehead atoms. The minimum Gasteiger partial charge on any atom is -0.481 e. The summed E-state index contributed by atoms with van der Waals surface area (Å²) in [7, 11) is 0. The SMILES string of the molecule is CC1CN(c2cccc(C#N)n2)CC1C(=O)O.